The van der Waals surface area contributed by atoms with Crippen LogP contribution < -0.4 is 4.72 Å². The van der Waals surface area contributed by atoms with Gasteiger partial charge in [-0.05, 0) is 44.0 Å². The smallest absolute Gasteiger partial charge is 0.375 e. The van der Waals surface area contributed by atoms with Crippen LogP contribution in [0.1, 0.15) is 42.3 Å². The van der Waals surface area contributed by atoms with Gasteiger partial charge in [0.2, 0.25) is 16.7 Å². The maximum atomic E-state index is 12.2. The summed E-state index contributed by atoms with van der Waals surface area (Å²) in [7, 11) is -3.79. The molecule has 3 aromatic heterocycles. The van der Waals surface area contributed by atoms with Crippen molar-refractivity contribution in [1.29, 1.82) is 0 Å². The van der Waals surface area contributed by atoms with Crippen LogP contribution in [-0.2, 0) is 14.8 Å². The van der Waals surface area contributed by atoms with Gasteiger partial charge >= 0.3 is 5.97 Å². The number of furan rings is 1. The third-order valence-corrected chi connectivity index (χ3v) is 5.33. The van der Waals surface area contributed by atoms with Crippen molar-refractivity contribution < 1.29 is 26.9 Å². The van der Waals surface area contributed by atoms with E-state index in [1.54, 1.807) is 31.5 Å². The third kappa shape index (κ3) is 3.94. The summed E-state index contributed by atoms with van der Waals surface area (Å²) in [5.41, 5.74) is 0.653. The molecule has 0 aliphatic heterocycles. The van der Waals surface area contributed by atoms with Crippen molar-refractivity contribution in [2.75, 3.05) is 0 Å². The maximum Gasteiger partial charge on any atom is 0.375 e. The van der Waals surface area contributed by atoms with Crippen LogP contribution in [0, 0.1) is 0 Å². The highest BCUT2D eigenvalue weighted by Crippen LogP contribution is 2.24. The second kappa shape index (κ2) is 7.17. The summed E-state index contributed by atoms with van der Waals surface area (Å²) in [5, 5.41) is 3.49. The zero-order valence-electron chi connectivity index (χ0n) is 14.7. The summed E-state index contributed by atoms with van der Waals surface area (Å²) in [6.45, 7) is 1.55. The molecule has 0 amide bonds. The van der Waals surface area contributed by atoms with E-state index in [4.69, 9.17) is 13.7 Å². The molecule has 0 radical (unpaired) electrons. The highest BCUT2D eigenvalue weighted by molar-refractivity contribution is 7.89. The van der Waals surface area contributed by atoms with Gasteiger partial charge in [0.25, 0.3) is 15.9 Å². The fraction of sp³-hybridized carbons (Fsp3) is 0.294. The Labute approximate surface area is 160 Å². The highest BCUT2D eigenvalue weighted by Gasteiger charge is 2.31. The van der Waals surface area contributed by atoms with Crippen molar-refractivity contribution in [3.05, 3.63) is 48.3 Å². The molecule has 0 spiro atoms. The minimum absolute atomic E-state index is 0.0722. The van der Waals surface area contributed by atoms with Gasteiger partial charge in [-0.2, -0.15) is 4.98 Å². The lowest BCUT2D eigenvalue weighted by Gasteiger charge is -2.07. The Kier molecular flexibility index (Phi) is 4.69. The molecule has 10 nitrogen and oxygen atoms in total. The molecule has 1 N–H and O–H groups in total. The number of nitrogens with one attached hydrogen (secondary N) is 1. The molecule has 1 saturated carbocycles. The van der Waals surface area contributed by atoms with Gasteiger partial charge in [0.1, 0.15) is 0 Å². The molecule has 1 unspecified atom stereocenters. The fourth-order valence-electron chi connectivity index (χ4n) is 2.33. The molecule has 1 fully saturated rings. The minimum atomic E-state index is -3.79. The minimum Gasteiger partial charge on any atom is -0.447 e. The molecular formula is C17H16N4O6S. The van der Waals surface area contributed by atoms with Crippen LogP contribution in [0.15, 0.2) is 50.7 Å². The van der Waals surface area contributed by atoms with Crippen molar-refractivity contribution >= 4 is 16.0 Å². The maximum absolute atomic E-state index is 12.2. The Morgan fingerprint density at radius 3 is 2.86 bits per heavy atom. The number of ether oxygens (including phenoxy) is 1. The van der Waals surface area contributed by atoms with E-state index in [1.807, 2.05) is 0 Å². The van der Waals surface area contributed by atoms with Crippen LogP contribution in [0.25, 0.3) is 11.4 Å². The van der Waals surface area contributed by atoms with E-state index in [9.17, 15) is 13.2 Å². The first-order chi connectivity index (χ1) is 13.4. The zero-order chi connectivity index (χ0) is 19.7. The Bertz CT molecular complexity index is 1090. The molecule has 11 heteroatoms. The van der Waals surface area contributed by atoms with E-state index in [-0.39, 0.29) is 22.8 Å². The summed E-state index contributed by atoms with van der Waals surface area (Å²) in [5.74, 6) is -0.693. The molecule has 3 aromatic rings. The fourth-order valence-corrected chi connectivity index (χ4v) is 3.57. The Balaban J connectivity index is 1.43. The van der Waals surface area contributed by atoms with E-state index in [0.29, 0.717) is 11.4 Å². The molecule has 0 aromatic carbocycles. The standard InChI is InChI=1S/C17H16N4O6S/c1-10(16-19-15(20-27-16)11-3-2-8-18-9-11)25-17(22)13-6-7-14(26-13)28(23,24)21-12-4-5-12/h2-3,6-10,12,21H,4-5H2,1H3. The lowest BCUT2D eigenvalue weighted by atomic mass is 10.3. The second-order valence-electron chi connectivity index (χ2n) is 6.26. The Morgan fingerprint density at radius 1 is 1.32 bits per heavy atom. The molecule has 4 rings (SSSR count). The largest absolute Gasteiger partial charge is 0.447 e. The molecule has 0 saturated heterocycles. The van der Waals surface area contributed by atoms with Crippen molar-refractivity contribution in [1.82, 2.24) is 19.8 Å². The van der Waals surface area contributed by atoms with Gasteiger partial charge in [0, 0.05) is 24.0 Å². The molecule has 0 bridgehead atoms. The summed E-state index contributed by atoms with van der Waals surface area (Å²) in [6, 6.07) is 5.87. The molecule has 1 aliphatic rings. The predicted octanol–water partition coefficient (Wildman–Crippen LogP) is 2.08. The first-order valence-corrected chi connectivity index (χ1v) is 9.98. The van der Waals surface area contributed by atoms with E-state index in [0.717, 1.165) is 12.8 Å². The molecule has 3 heterocycles. The van der Waals surface area contributed by atoms with E-state index in [1.165, 1.54) is 12.1 Å². The van der Waals surface area contributed by atoms with E-state index < -0.39 is 22.1 Å². The number of nitrogens with zero attached hydrogens (tertiary/aromatic N) is 3. The normalized spacial score (nSPS) is 15.3. The van der Waals surface area contributed by atoms with Crippen molar-refractivity contribution in [2.45, 2.75) is 37.0 Å². The van der Waals surface area contributed by atoms with Crippen molar-refractivity contribution in [3.63, 3.8) is 0 Å². The number of hydrogen-bond acceptors (Lipinski definition) is 9. The third-order valence-electron chi connectivity index (χ3n) is 3.94. The quantitative estimate of drug-likeness (QED) is 0.587. The van der Waals surface area contributed by atoms with Crippen LogP contribution in [0.5, 0.6) is 0 Å². The summed E-state index contributed by atoms with van der Waals surface area (Å²) < 4.78 is 42.2. The average Bonchev–Trinajstić information content (AvgIpc) is 3.17. The number of aromatic nitrogens is 3. The van der Waals surface area contributed by atoms with Gasteiger partial charge in [-0.1, -0.05) is 5.16 Å². The number of esters is 1. The number of hydrogen-bond donors (Lipinski definition) is 1. The van der Waals surface area contributed by atoms with Crippen molar-refractivity contribution in [2.24, 2.45) is 0 Å². The molecule has 28 heavy (non-hydrogen) atoms. The molecular weight excluding hydrogens is 388 g/mol. The van der Waals surface area contributed by atoms with Crippen LogP contribution in [-0.4, -0.2) is 35.6 Å². The second-order valence-corrected chi connectivity index (χ2v) is 7.90. The SMILES string of the molecule is CC(OC(=O)c1ccc(S(=O)(=O)NC2CC2)o1)c1nc(-c2cccnc2)no1. The topological polar surface area (TPSA) is 137 Å². The monoisotopic (exact) mass is 404 g/mol. The predicted molar refractivity (Wildman–Crippen MR) is 93.4 cm³/mol. The van der Waals surface area contributed by atoms with Gasteiger partial charge in [0.05, 0.1) is 0 Å². The Hall–Kier alpha value is -3.05. The molecule has 1 atom stereocenters. The van der Waals surface area contributed by atoms with Gasteiger partial charge in [0.15, 0.2) is 6.10 Å². The van der Waals surface area contributed by atoms with Gasteiger partial charge < -0.3 is 13.7 Å². The zero-order valence-corrected chi connectivity index (χ0v) is 15.5. The van der Waals surface area contributed by atoms with Crippen LogP contribution >= 0.6 is 0 Å². The average molecular weight is 404 g/mol. The number of sulfonamides is 1. The number of pyridine rings is 1. The number of carbonyl (C=O) groups is 1. The Morgan fingerprint density at radius 2 is 2.14 bits per heavy atom. The van der Waals surface area contributed by atoms with Crippen LogP contribution in [0.2, 0.25) is 0 Å². The summed E-state index contributed by atoms with van der Waals surface area (Å²) in [4.78, 5) is 20.4. The van der Waals surface area contributed by atoms with Crippen LogP contribution in [0.3, 0.4) is 0 Å². The summed E-state index contributed by atoms with van der Waals surface area (Å²) in [6.07, 6.45) is 3.91. The summed E-state index contributed by atoms with van der Waals surface area (Å²) >= 11 is 0. The molecule has 146 valence electrons. The van der Waals surface area contributed by atoms with Gasteiger partial charge in [-0.25, -0.2) is 17.9 Å². The van der Waals surface area contributed by atoms with Crippen LogP contribution in [0.4, 0.5) is 0 Å². The first kappa shape index (κ1) is 18.3. The van der Waals surface area contributed by atoms with Crippen molar-refractivity contribution in [3.8, 4) is 11.4 Å². The van der Waals surface area contributed by atoms with Gasteiger partial charge in [-0.15, -0.1) is 0 Å². The van der Waals surface area contributed by atoms with E-state index in [2.05, 4.69) is 19.8 Å². The lowest BCUT2D eigenvalue weighted by Crippen LogP contribution is -2.25. The lowest BCUT2D eigenvalue weighted by molar-refractivity contribution is 0.0225. The molecule has 1 aliphatic carbocycles. The number of rotatable bonds is 7. The highest BCUT2D eigenvalue weighted by atomic mass is 32.2. The van der Waals surface area contributed by atoms with Gasteiger partial charge in [-0.3, -0.25) is 4.98 Å². The number of carbonyl (C=O) groups excluding carboxylic acids is 1. The first-order valence-electron chi connectivity index (χ1n) is 8.49. The van der Waals surface area contributed by atoms with E-state index >= 15 is 0 Å².